The molecular weight excluding hydrogens is 644 g/mol. The summed E-state index contributed by atoms with van der Waals surface area (Å²) in [5.74, 6) is -0.595. The van der Waals surface area contributed by atoms with Gasteiger partial charge >= 0.3 is 5.97 Å². The molecule has 0 radical (unpaired) electrons. The molecule has 0 amide bonds. The minimum Gasteiger partial charge on any atom is -0.361 e. The van der Waals surface area contributed by atoms with Crippen LogP contribution in [0.4, 0.5) is 21.2 Å². The van der Waals surface area contributed by atoms with Crippen LogP contribution in [0.25, 0.3) is 10.2 Å². The van der Waals surface area contributed by atoms with Gasteiger partial charge < -0.3 is 9.64 Å². The van der Waals surface area contributed by atoms with Crippen LogP contribution in [-0.2, 0) is 22.8 Å². The van der Waals surface area contributed by atoms with Crippen LogP contribution in [0.1, 0.15) is 34.3 Å². The van der Waals surface area contributed by atoms with Gasteiger partial charge in [-0.1, -0.05) is 68.6 Å². The van der Waals surface area contributed by atoms with Crippen LogP contribution in [0.3, 0.4) is 0 Å². The molecule has 46 heavy (non-hydrogen) atoms. The monoisotopic (exact) mass is 680 g/mol. The molecule has 242 valence electrons. The van der Waals surface area contributed by atoms with Crippen LogP contribution in [0.2, 0.25) is 25.7 Å². The second-order valence-electron chi connectivity index (χ2n) is 11.9. The van der Waals surface area contributed by atoms with Crippen LogP contribution in [0.15, 0.2) is 59.6 Å². The van der Waals surface area contributed by atoms with Gasteiger partial charge in [-0.2, -0.15) is 4.99 Å². The summed E-state index contributed by atoms with van der Waals surface area (Å²) in [7, 11) is 0.596. The first-order valence-electron chi connectivity index (χ1n) is 15.0. The molecule has 2 aromatic carbocycles. The highest BCUT2D eigenvalue weighted by Gasteiger charge is 2.24. The van der Waals surface area contributed by atoms with E-state index in [1.54, 1.807) is 29.4 Å². The van der Waals surface area contributed by atoms with E-state index in [2.05, 4.69) is 51.5 Å². The average Bonchev–Trinajstić information content (AvgIpc) is 3.60. The fourth-order valence-electron chi connectivity index (χ4n) is 4.37. The van der Waals surface area contributed by atoms with Crippen LogP contribution in [0, 0.1) is 12.7 Å². The lowest BCUT2D eigenvalue weighted by Gasteiger charge is -2.16. The van der Waals surface area contributed by atoms with Crippen molar-refractivity contribution in [2.75, 3.05) is 18.6 Å². The van der Waals surface area contributed by atoms with Gasteiger partial charge in [0, 0.05) is 26.6 Å². The van der Waals surface area contributed by atoms with Gasteiger partial charge in [0.2, 0.25) is 5.75 Å². The number of thiazole rings is 2. The molecule has 0 N–H and O–H groups in total. The molecule has 0 bridgehead atoms. The number of benzene rings is 2. The number of hydrogen-bond acceptors (Lipinski definition) is 11. The Balaban J connectivity index is 1.37. The van der Waals surface area contributed by atoms with Gasteiger partial charge in [0.25, 0.3) is 0 Å². The van der Waals surface area contributed by atoms with Gasteiger partial charge in [-0.3, -0.25) is 9.45 Å². The molecule has 3 aromatic heterocycles. The van der Waals surface area contributed by atoms with Gasteiger partial charge in [-0.05, 0) is 55.3 Å². The van der Waals surface area contributed by atoms with Gasteiger partial charge in [0.15, 0.2) is 33.1 Å². The van der Waals surface area contributed by atoms with E-state index in [0.717, 1.165) is 37.9 Å². The third-order valence-corrected chi connectivity index (χ3v) is 10.9. The molecule has 0 aliphatic rings. The summed E-state index contributed by atoms with van der Waals surface area (Å²) >= 11 is 2.92. The Morgan fingerprint density at radius 3 is 2.59 bits per heavy atom. The number of halogens is 1. The van der Waals surface area contributed by atoms with E-state index in [-0.39, 0.29) is 11.4 Å². The fraction of sp³-hybridized carbons (Fsp3) is 0.344. The zero-order valence-corrected chi connectivity index (χ0v) is 29.4. The lowest BCUT2D eigenvalue weighted by atomic mass is 10.2. The highest BCUT2D eigenvalue weighted by Crippen LogP contribution is 2.32. The third kappa shape index (κ3) is 8.05. The summed E-state index contributed by atoms with van der Waals surface area (Å²) in [6.45, 7) is 12.1. The van der Waals surface area contributed by atoms with Gasteiger partial charge in [0.1, 0.15) is 6.73 Å². The van der Waals surface area contributed by atoms with Crippen molar-refractivity contribution >= 4 is 63.7 Å². The minimum absolute atomic E-state index is 0.114. The third-order valence-electron chi connectivity index (χ3n) is 6.98. The van der Waals surface area contributed by atoms with E-state index >= 15 is 0 Å². The number of para-hydroxylation sites is 2. The first kappa shape index (κ1) is 33.4. The Kier molecular flexibility index (Phi) is 10.6. The van der Waals surface area contributed by atoms with Crippen molar-refractivity contribution in [3.63, 3.8) is 0 Å². The Labute approximate surface area is 276 Å². The Morgan fingerprint density at radius 2 is 1.85 bits per heavy atom. The molecule has 0 atom stereocenters. The quantitative estimate of drug-likeness (QED) is 0.0537. The maximum Gasteiger partial charge on any atom is 0.405 e. The van der Waals surface area contributed by atoms with Crippen LogP contribution in [0.5, 0.6) is 5.75 Å². The van der Waals surface area contributed by atoms with Crippen LogP contribution in [-0.4, -0.2) is 47.4 Å². The molecule has 0 unspecified atom stereocenters. The summed E-state index contributed by atoms with van der Waals surface area (Å²) in [6, 6.07) is 16.8. The lowest BCUT2D eigenvalue weighted by molar-refractivity contribution is -0.152. The molecule has 0 spiro atoms. The molecule has 5 rings (SSSR count). The highest BCUT2D eigenvalue weighted by molar-refractivity contribution is 7.16. The van der Waals surface area contributed by atoms with Crippen molar-refractivity contribution in [3.05, 3.63) is 81.4 Å². The summed E-state index contributed by atoms with van der Waals surface area (Å²) in [4.78, 5) is 35.5. The second-order valence-corrected chi connectivity index (χ2v) is 19.6. The van der Waals surface area contributed by atoms with Crippen LogP contribution >= 0.6 is 22.7 Å². The number of aryl methyl sites for hydroxylation is 2. The summed E-state index contributed by atoms with van der Waals surface area (Å²) in [5.41, 5.74) is 1.99. The molecule has 0 saturated heterocycles. The van der Waals surface area contributed by atoms with E-state index in [1.165, 1.54) is 29.5 Å². The van der Waals surface area contributed by atoms with Crippen molar-refractivity contribution in [1.82, 2.24) is 19.7 Å². The van der Waals surface area contributed by atoms with E-state index in [0.29, 0.717) is 36.5 Å². The standard InChI is InChI=1S/C32H37FN6O4S2Si/c1-7-12-26-28(30(40)43-42-24-15-10-8-13-22(24)33)34-31(45-26)38(3)27-19-21(2)29(37-36-27)35-32-39(20-41-17-18-46(4,5)6)23-14-9-11-16-25(23)44-32/h8-11,13-16,19H,7,12,17-18,20H2,1-6H3. The number of rotatable bonds is 13. The number of ether oxygens (including phenoxy) is 1. The number of aromatic nitrogens is 4. The summed E-state index contributed by atoms with van der Waals surface area (Å²) < 4.78 is 23.2. The molecular formula is C32H37FN6O4S2Si. The number of anilines is 2. The Bertz CT molecular complexity index is 1900. The van der Waals surface area contributed by atoms with Crippen molar-refractivity contribution < 1.29 is 23.7 Å². The van der Waals surface area contributed by atoms with Crippen LogP contribution < -0.4 is 14.6 Å². The number of hydrogen-bond donors (Lipinski definition) is 0. The summed E-state index contributed by atoms with van der Waals surface area (Å²) in [5, 5.41) is 9.44. The smallest absolute Gasteiger partial charge is 0.361 e. The zero-order valence-electron chi connectivity index (χ0n) is 26.7. The largest absolute Gasteiger partial charge is 0.405 e. The van der Waals surface area contributed by atoms with Crippen molar-refractivity contribution in [3.8, 4) is 5.75 Å². The minimum atomic E-state index is -1.21. The van der Waals surface area contributed by atoms with E-state index in [9.17, 15) is 9.18 Å². The second kappa shape index (κ2) is 14.6. The Hall–Kier alpha value is -3.98. The van der Waals surface area contributed by atoms with Gasteiger partial charge in [-0.15, -0.1) is 21.5 Å². The molecule has 0 saturated carbocycles. The maximum atomic E-state index is 13.9. The predicted octanol–water partition coefficient (Wildman–Crippen LogP) is 7.81. The number of carbonyl (C=O) groups is 1. The number of nitrogens with zero attached hydrogens (tertiary/aromatic N) is 6. The fourth-order valence-corrected chi connectivity index (χ4v) is 7.26. The number of fused-ring (bicyclic) bond motifs is 1. The normalized spacial score (nSPS) is 12.1. The summed E-state index contributed by atoms with van der Waals surface area (Å²) in [6.07, 6.45) is 1.39. The zero-order chi connectivity index (χ0) is 32.8. The van der Waals surface area contributed by atoms with Gasteiger partial charge in [-0.25, -0.2) is 19.1 Å². The SMILES string of the molecule is CCCc1sc(N(C)c2cc(C)c(N=c3sc4ccccc4n3COCC[Si](C)(C)C)nn2)nc1C(=O)OOc1ccccc1F. The van der Waals surface area contributed by atoms with Crippen molar-refractivity contribution in [2.24, 2.45) is 4.99 Å². The van der Waals surface area contributed by atoms with Crippen molar-refractivity contribution in [2.45, 2.75) is 59.1 Å². The molecule has 0 aliphatic carbocycles. The topological polar surface area (TPSA) is 104 Å². The first-order chi connectivity index (χ1) is 22.0. The molecule has 0 aliphatic heterocycles. The van der Waals surface area contributed by atoms with Crippen molar-refractivity contribution in [1.29, 1.82) is 0 Å². The molecule has 3 heterocycles. The van der Waals surface area contributed by atoms with E-state index < -0.39 is 19.9 Å². The first-order valence-corrected chi connectivity index (χ1v) is 20.3. The molecule has 0 fully saturated rings. The predicted molar refractivity (Wildman–Crippen MR) is 183 cm³/mol. The lowest BCUT2D eigenvalue weighted by Crippen LogP contribution is -2.23. The molecule has 5 aromatic rings. The highest BCUT2D eigenvalue weighted by atomic mass is 32.1. The number of carbonyl (C=O) groups excluding carboxylic acids is 1. The van der Waals surface area contributed by atoms with E-state index in [4.69, 9.17) is 19.5 Å². The molecule has 10 nitrogen and oxygen atoms in total. The maximum absolute atomic E-state index is 13.9. The van der Waals surface area contributed by atoms with Gasteiger partial charge in [0.05, 0.1) is 10.2 Å². The van der Waals surface area contributed by atoms with E-state index in [1.807, 2.05) is 32.0 Å². The Morgan fingerprint density at radius 1 is 1.09 bits per heavy atom. The average molecular weight is 681 g/mol. The molecule has 14 heteroatoms.